The Labute approximate surface area is 175 Å². The van der Waals surface area contributed by atoms with E-state index in [0.29, 0.717) is 16.6 Å². The summed E-state index contributed by atoms with van der Waals surface area (Å²) in [6.45, 7) is 4.56. The minimum Gasteiger partial charge on any atom is -0.458 e. The van der Waals surface area contributed by atoms with Crippen molar-refractivity contribution in [1.82, 2.24) is 5.32 Å². The van der Waals surface area contributed by atoms with Crippen LogP contribution in [0.2, 0.25) is 0 Å². The zero-order valence-electron chi connectivity index (χ0n) is 17.0. The van der Waals surface area contributed by atoms with Gasteiger partial charge in [-0.15, -0.1) is 0 Å². The molecule has 0 saturated carbocycles. The van der Waals surface area contributed by atoms with Crippen molar-refractivity contribution < 1.29 is 36.7 Å². The quantitative estimate of drug-likeness (QED) is 0.470. The standard InChI is InChI=1S/C22H20F3NO5/c1-21(2,3)31-19(28)15(26-20(29)22(23,24)25)11-16(27)12-8-9-18-14(10-12)13-6-4-5-7-17(13)30-18/h4-10,15H,11H2,1-3H3,(H,26,29). The number of ether oxygens (including phenoxy) is 1. The van der Waals surface area contributed by atoms with Gasteiger partial charge in [-0.3, -0.25) is 9.59 Å². The molecular weight excluding hydrogens is 415 g/mol. The minimum atomic E-state index is -5.21. The van der Waals surface area contributed by atoms with Gasteiger partial charge >= 0.3 is 18.1 Å². The van der Waals surface area contributed by atoms with Crippen LogP contribution in [0.4, 0.5) is 13.2 Å². The molecule has 1 heterocycles. The fourth-order valence-corrected chi connectivity index (χ4v) is 3.01. The predicted octanol–water partition coefficient (Wildman–Crippen LogP) is 4.55. The maximum absolute atomic E-state index is 12.8. The number of nitrogens with one attached hydrogen (secondary N) is 1. The van der Waals surface area contributed by atoms with E-state index in [-0.39, 0.29) is 5.56 Å². The zero-order valence-corrected chi connectivity index (χ0v) is 17.0. The molecule has 0 aliphatic heterocycles. The van der Waals surface area contributed by atoms with Gasteiger partial charge in [0, 0.05) is 22.8 Å². The van der Waals surface area contributed by atoms with Crippen LogP contribution in [-0.4, -0.2) is 35.5 Å². The summed E-state index contributed by atoms with van der Waals surface area (Å²) in [4.78, 5) is 36.5. The number of halogens is 3. The van der Waals surface area contributed by atoms with Gasteiger partial charge in [-0.2, -0.15) is 13.2 Å². The molecule has 9 heteroatoms. The van der Waals surface area contributed by atoms with Crippen molar-refractivity contribution in [2.45, 2.75) is 45.0 Å². The first-order valence-electron chi connectivity index (χ1n) is 9.40. The van der Waals surface area contributed by atoms with E-state index in [1.807, 2.05) is 6.07 Å². The van der Waals surface area contributed by atoms with Crippen LogP contribution in [0.25, 0.3) is 21.9 Å². The Balaban J connectivity index is 1.88. The monoisotopic (exact) mass is 435 g/mol. The van der Waals surface area contributed by atoms with E-state index >= 15 is 0 Å². The van der Waals surface area contributed by atoms with Crippen LogP contribution < -0.4 is 5.32 Å². The van der Waals surface area contributed by atoms with Crippen molar-refractivity contribution in [1.29, 1.82) is 0 Å². The molecule has 3 aromatic rings. The summed E-state index contributed by atoms with van der Waals surface area (Å²) in [7, 11) is 0. The van der Waals surface area contributed by atoms with Gasteiger partial charge < -0.3 is 14.5 Å². The maximum atomic E-state index is 12.8. The number of carbonyl (C=O) groups is 3. The molecular formula is C22H20F3NO5. The van der Waals surface area contributed by atoms with Gasteiger partial charge in [-0.05, 0) is 45.0 Å². The van der Waals surface area contributed by atoms with E-state index in [0.717, 1.165) is 5.39 Å². The highest BCUT2D eigenvalue weighted by atomic mass is 19.4. The Morgan fingerprint density at radius 3 is 2.29 bits per heavy atom. The Morgan fingerprint density at radius 2 is 1.65 bits per heavy atom. The van der Waals surface area contributed by atoms with E-state index in [2.05, 4.69) is 0 Å². The van der Waals surface area contributed by atoms with E-state index in [1.165, 1.54) is 26.8 Å². The first-order valence-corrected chi connectivity index (χ1v) is 9.40. The molecule has 0 bridgehead atoms. The van der Waals surface area contributed by atoms with Crippen molar-refractivity contribution in [3.63, 3.8) is 0 Å². The van der Waals surface area contributed by atoms with Crippen molar-refractivity contribution >= 4 is 39.6 Å². The lowest BCUT2D eigenvalue weighted by Gasteiger charge is -2.24. The molecule has 0 fully saturated rings. The van der Waals surface area contributed by atoms with Crippen molar-refractivity contribution in [3.05, 3.63) is 48.0 Å². The van der Waals surface area contributed by atoms with Gasteiger partial charge in [0.25, 0.3) is 0 Å². The lowest BCUT2D eigenvalue weighted by molar-refractivity contribution is -0.177. The summed E-state index contributed by atoms with van der Waals surface area (Å²) in [5, 5.41) is 2.98. The van der Waals surface area contributed by atoms with Gasteiger partial charge in [-0.1, -0.05) is 18.2 Å². The molecule has 164 valence electrons. The molecule has 6 nitrogen and oxygen atoms in total. The first kappa shape index (κ1) is 22.3. The fraction of sp³-hybridized carbons (Fsp3) is 0.318. The Bertz CT molecular complexity index is 1160. The molecule has 0 aliphatic rings. The number of hydrogen-bond acceptors (Lipinski definition) is 5. The number of alkyl halides is 3. The number of ketones is 1. The number of Topliss-reactive ketones (excluding diaryl/α,β-unsaturated/α-hetero) is 1. The average Bonchev–Trinajstić information content (AvgIpc) is 3.03. The van der Waals surface area contributed by atoms with Crippen molar-refractivity contribution in [3.8, 4) is 0 Å². The lowest BCUT2D eigenvalue weighted by atomic mass is 10.0. The average molecular weight is 435 g/mol. The first-order chi connectivity index (χ1) is 14.3. The number of amides is 1. The second-order valence-electron chi connectivity index (χ2n) is 7.99. The summed E-state index contributed by atoms with van der Waals surface area (Å²) in [6, 6.07) is 9.94. The highest BCUT2D eigenvalue weighted by Crippen LogP contribution is 2.29. The molecule has 1 aromatic heterocycles. The van der Waals surface area contributed by atoms with Crippen molar-refractivity contribution in [2.75, 3.05) is 0 Å². The molecule has 1 unspecified atom stereocenters. The third kappa shape index (κ3) is 5.22. The fourth-order valence-electron chi connectivity index (χ4n) is 3.01. The third-order valence-corrected chi connectivity index (χ3v) is 4.34. The topological polar surface area (TPSA) is 85.6 Å². The van der Waals surface area contributed by atoms with Gasteiger partial charge in [0.15, 0.2) is 5.78 Å². The van der Waals surface area contributed by atoms with E-state index in [9.17, 15) is 27.6 Å². The maximum Gasteiger partial charge on any atom is 0.471 e. The summed E-state index contributed by atoms with van der Waals surface area (Å²) < 4.78 is 48.9. The number of carbonyl (C=O) groups excluding carboxylic acids is 3. The SMILES string of the molecule is CC(C)(C)OC(=O)C(CC(=O)c1ccc2oc3ccccc3c2c1)NC(=O)C(F)(F)F. The largest absolute Gasteiger partial charge is 0.471 e. The van der Waals surface area contributed by atoms with Crippen molar-refractivity contribution in [2.24, 2.45) is 0 Å². The summed E-state index contributed by atoms with van der Waals surface area (Å²) in [5.41, 5.74) is 0.294. The lowest BCUT2D eigenvalue weighted by Crippen LogP contribution is -2.49. The van der Waals surface area contributed by atoms with Gasteiger partial charge in [0.1, 0.15) is 22.8 Å². The second-order valence-corrected chi connectivity index (χ2v) is 7.99. The van der Waals surface area contributed by atoms with Crippen LogP contribution >= 0.6 is 0 Å². The molecule has 2 aromatic carbocycles. The number of furan rings is 1. The van der Waals surface area contributed by atoms with Crippen LogP contribution in [-0.2, 0) is 14.3 Å². The molecule has 1 amide bonds. The molecule has 1 N–H and O–H groups in total. The number of benzene rings is 2. The number of esters is 1. The van der Waals surface area contributed by atoms with Crippen LogP contribution in [0.15, 0.2) is 46.9 Å². The summed E-state index contributed by atoms with van der Waals surface area (Å²) in [5.74, 6) is -4.09. The number of para-hydroxylation sites is 1. The van der Waals surface area contributed by atoms with Gasteiger partial charge in [0.05, 0.1) is 0 Å². The number of hydrogen-bond donors (Lipinski definition) is 1. The van der Waals surface area contributed by atoms with Gasteiger partial charge in [-0.25, -0.2) is 4.79 Å². The Hall–Kier alpha value is -3.36. The smallest absolute Gasteiger partial charge is 0.458 e. The Kier molecular flexibility index (Phi) is 5.80. The molecule has 0 aliphatic carbocycles. The second kappa shape index (κ2) is 8.05. The molecule has 0 saturated heterocycles. The number of fused-ring (bicyclic) bond motifs is 3. The Morgan fingerprint density at radius 1 is 1.00 bits per heavy atom. The number of rotatable bonds is 5. The highest BCUT2D eigenvalue weighted by molar-refractivity contribution is 6.09. The normalized spacial score (nSPS) is 13.2. The molecule has 31 heavy (non-hydrogen) atoms. The molecule has 1 atom stereocenters. The van der Waals surface area contributed by atoms with E-state index in [1.54, 1.807) is 35.6 Å². The summed E-state index contributed by atoms with van der Waals surface area (Å²) in [6.07, 6.45) is -5.91. The molecule has 0 radical (unpaired) electrons. The molecule has 3 rings (SSSR count). The van der Waals surface area contributed by atoms with Crippen LogP contribution in [0, 0.1) is 0 Å². The minimum absolute atomic E-state index is 0.161. The van der Waals surface area contributed by atoms with Gasteiger partial charge in [0.2, 0.25) is 0 Å². The van der Waals surface area contributed by atoms with Crippen LogP contribution in [0.5, 0.6) is 0 Å². The van der Waals surface area contributed by atoms with E-state index in [4.69, 9.17) is 9.15 Å². The van der Waals surface area contributed by atoms with Crippen LogP contribution in [0.1, 0.15) is 37.6 Å². The predicted molar refractivity (Wildman–Crippen MR) is 106 cm³/mol. The van der Waals surface area contributed by atoms with Crippen LogP contribution in [0.3, 0.4) is 0 Å². The third-order valence-electron chi connectivity index (χ3n) is 4.34. The zero-order chi connectivity index (χ0) is 23.0. The highest BCUT2D eigenvalue weighted by Gasteiger charge is 2.42. The van der Waals surface area contributed by atoms with E-state index < -0.39 is 41.9 Å². The summed E-state index contributed by atoms with van der Waals surface area (Å²) >= 11 is 0. The molecule has 0 spiro atoms.